The number of nitrogens with one attached hydrogen (secondary N) is 1. The van der Waals surface area contributed by atoms with E-state index in [0.717, 1.165) is 5.31 Å². The SMILES string of the molecule is C/C(=C\NC(C)(C)C)P(=O)(C(C)C)C(C)C. The summed E-state index contributed by atoms with van der Waals surface area (Å²) in [5.41, 5.74) is 0.455. The van der Waals surface area contributed by atoms with Crippen molar-refractivity contribution in [2.45, 2.75) is 72.2 Å². The second-order valence-electron chi connectivity index (χ2n) is 6.08. The topological polar surface area (TPSA) is 29.1 Å². The highest BCUT2D eigenvalue weighted by molar-refractivity contribution is 7.69. The lowest BCUT2D eigenvalue weighted by Crippen LogP contribution is -2.31. The number of hydrogen-bond donors (Lipinski definition) is 1. The molecule has 0 fully saturated rings. The maximum Gasteiger partial charge on any atom is 0.117 e. The highest BCUT2D eigenvalue weighted by atomic mass is 31.2. The van der Waals surface area contributed by atoms with Crippen LogP contribution in [0.3, 0.4) is 0 Å². The van der Waals surface area contributed by atoms with E-state index < -0.39 is 7.14 Å². The number of allylic oxidation sites excluding steroid dienone is 1. The van der Waals surface area contributed by atoms with Gasteiger partial charge in [-0.1, -0.05) is 27.7 Å². The van der Waals surface area contributed by atoms with Crippen molar-refractivity contribution >= 4 is 7.14 Å². The molecule has 0 aliphatic heterocycles. The average Bonchev–Trinajstić information content (AvgIpc) is 2.10. The Labute approximate surface area is 101 Å². The summed E-state index contributed by atoms with van der Waals surface area (Å²) in [4.78, 5) is 0. The smallest absolute Gasteiger partial charge is 0.117 e. The molecule has 0 aromatic heterocycles. The second-order valence-corrected chi connectivity index (χ2v) is 10.3. The molecule has 0 atom stereocenters. The summed E-state index contributed by atoms with van der Waals surface area (Å²) in [6, 6.07) is 0. The van der Waals surface area contributed by atoms with E-state index >= 15 is 0 Å². The highest BCUT2D eigenvalue weighted by Crippen LogP contribution is 2.61. The van der Waals surface area contributed by atoms with Crippen LogP contribution in [-0.4, -0.2) is 16.9 Å². The summed E-state index contributed by atoms with van der Waals surface area (Å²) < 4.78 is 12.9. The third-order valence-corrected chi connectivity index (χ3v) is 7.10. The van der Waals surface area contributed by atoms with Gasteiger partial charge in [0.05, 0.1) is 0 Å². The Kier molecular flexibility index (Phi) is 5.32. The Morgan fingerprint density at radius 1 is 1.12 bits per heavy atom. The van der Waals surface area contributed by atoms with E-state index in [-0.39, 0.29) is 16.9 Å². The van der Waals surface area contributed by atoms with E-state index in [4.69, 9.17) is 0 Å². The van der Waals surface area contributed by atoms with Crippen LogP contribution < -0.4 is 5.32 Å². The van der Waals surface area contributed by atoms with Crippen LogP contribution in [0.5, 0.6) is 0 Å². The molecule has 0 saturated carbocycles. The van der Waals surface area contributed by atoms with E-state index in [9.17, 15) is 4.57 Å². The molecule has 96 valence electrons. The third-order valence-electron chi connectivity index (χ3n) is 2.80. The van der Waals surface area contributed by atoms with Gasteiger partial charge in [0.25, 0.3) is 0 Å². The molecule has 0 spiro atoms. The molecule has 0 heterocycles. The van der Waals surface area contributed by atoms with Crippen LogP contribution in [0.2, 0.25) is 0 Å². The van der Waals surface area contributed by atoms with Crippen LogP contribution in [0.15, 0.2) is 11.5 Å². The van der Waals surface area contributed by atoms with Crippen LogP contribution in [0.4, 0.5) is 0 Å². The monoisotopic (exact) mass is 245 g/mol. The minimum Gasteiger partial charge on any atom is -0.386 e. The van der Waals surface area contributed by atoms with Crippen LogP contribution in [0.1, 0.15) is 55.4 Å². The summed E-state index contributed by atoms with van der Waals surface area (Å²) in [5.74, 6) is 0. The van der Waals surface area contributed by atoms with E-state index in [0.29, 0.717) is 0 Å². The lowest BCUT2D eigenvalue weighted by Gasteiger charge is -2.28. The first-order valence-electron chi connectivity index (χ1n) is 6.06. The van der Waals surface area contributed by atoms with Crippen LogP contribution >= 0.6 is 7.14 Å². The Bertz CT molecular complexity index is 286. The van der Waals surface area contributed by atoms with E-state index in [2.05, 4.69) is 53.8 Å². The Hall–Kier alpha value is -0.230. The van der Waals surface area contributed by atoms with Crippen molar-refractivity contribution in [3.8, 4) is 0 Å². The van der Waals surface area contributed by atoms with Gasteiger partial charge in [0.15, 0.2) is 0 Å². The molecule has 0 aliphatic carbocycles. The Morgan fingerprint density at radius 3 is 1.75 bits per heavy atom. The molecule has 3 heteroatoms. The maximum atomic E-state index is 12.9. The minimum absolute atomic E-state index is 0.0278. The summed E-state index contributed by atoms with van der Waals surface area (Å²) in [6.07, 6.45) is 1.95. The molecule has 0 aromatic carbocycles. The lowest BCUT2D eigenvalue weighted by molar-refractivity contribution is 0.490. The van der Waals surface area contributed by atoms with Gasteiger partial charge in [0.2, 0.25) is 0 Å². The van der Waals surface area contributed by atoms with Gasteiger partial charge in [-0.3, -0.25) is 0 Å². The normalized spacial score (nSPS) is 14.8. The van der Waals surface area contributed by atoms with E-state index in [1.165, 1.54) is 0 Å². The van der Waals surface area contributed by atoms with Gasteiger partial charge in [-0.25, -0.2) is 0 Å². The van der Waals surface area contributed by atoms with Crippen molar-refractivity contribution in [3.05, 3.63) is 11.5 Å². The van der Waals surface area contributed by atoms with Crippen molar-refractivity contribution in [3.63, 3.8) is 0 Å². The van der Waals surface area contributed by atoms with Gasteiger partial charge in [-0.15, -0.1) is 0 Å². The first-order valence-corrected chi connectivity index (χ1v) is 7.90. The average molecular weight is 245 g/mol. The van der Waals surface area contributed by atoms with Crippen LogP contribution in [-0.2, 0) is 4.57 Å². The molecule has 0 amide bonds. The standard InChI is InChI=1S/C13H28NOP/c1-10(2)16(15,11(3)4)12(5)9-14-13(6,7)8/h9-11,14H,1-8H3/b12-9+. The zero-order valence-corrected chi connectivity index (χ0v) is 13.0. The molecule has 0 saturated heterocycles. The van der Waals surface area contributed by atoms with Gasteiger partial charge in [0, 0.05) is 28.4 Å². The van der Waals surface area contributed by atoms with E-state index in [1.807, 2.05) is 13.1 Å². The van der Waals surface area contributed by atoms with Gasteiger partial charge in [0.1, 0.15) is 7.14 Å². The highest BCUT2D eigenvalue weighted by Gasteiger charge is 2.32. The van der Waals surface area contributed by atoms with Crippen molar-refractivity contribution in [1.29, 1.82) is 0 Å². The molecular formula is C13H28NOP. The molecular weight excluding hydrogens is 217 g/mol. The fourth-order valence-electron chi connectivity index (χ4n) is 1.83. The molecule has 0 aliphatic rings. The van der Waals surface area contributed by atoms with Crippen molar-refractivity contribution in [2.24, 2.45) is 0 Å². The number of hydrogen-bond acceptors (Lipinski definition) is 2. The lowest BCUT2D eigenvalue weighted by atomic mass is 10.1. The largest absolute Gasteiger partial charge is 0.386 e. The maximum absolute atomic E-state index is 12.9. The molecule has 0 unspecified atom stereocenters. The van der Waals surface area contributed by atoms with Crippen LogP contribution in [0.25, 0.3) is 0 Å². The van der Waals surface area contributed by atoms with Gasteiger partial charge in [-0.05, 0) is 27.7 Å². The minimum atomic E-state index is -2.24. The summed E-state index contributed by atoms with van der Waals surface area (Å²) >= 11 is 0. The first-order chi connectivity index (χ1) is 7.01. The quantitative estimate of drug-likeness (QED) is 0.743. The zero-order chi connectivity index (χ0) is 13.1. The zero-order valence-electron chi connectivity index (χ0n) is 12.1. The van der Waals surface area contributed by atoms with E-state index in [1.54, 1.807) is 0 Å². The molecule has 1 N–H and O–H groups in total. The summed E-state index contributed by atoms with van der Waals surface area (Å²) in [5, 5.41) is 4.31. The summed E-state index contributed by atoms with van der Waals surface area (Å²) in [6.45, 7) is 16.5. The first kappa shape index (κ1) is 15.8. The summed E-state index contributed by atoms with van der Waals surface area (Å²) in [7, 11) is -2.24. The number of rotatable bonds is 4. The molecule has 0 radical (unpaired) electrons. The van der Waals surface area contributed by atoms with Crippen molar-refractivity contribution in [2.75, 3.05) is 0 Å². The fourth-order valence-corrected chi connectivity index (χ4v) is 4.92. The van der Waals surface area contributed by atoms with Gasteiger partial charge in [-0.2, -0.15) is 0 Å². The van der Waals surface area contributed by atoms with Gasteiger partial charge < -0.3 is 9.88 Å². The van der Waals surface area contributed by atoms with Crippen LogP contribution in [0, 0.1) is 0 Å². The predicted octanol–water partition coefficient (Wildman–Crippen LogP) is 4.42. The van der Waals surface area contributed by atoms with Gasteiger partial charge >= 0.3 is 0 Å². The molecule has 0 aromatic rings. The molecule has 0 rings (SSSR count). The Morgan fingerprint density at radius 2 is 1.50 bits per heavy atom. The Balaban J connectivity index is 5.06. The molecule has 2 nitrogen and oxygen atoms in total. The van der Waals surface area contributed by atoms with Crippen molar-refractivity contribution in [1.82, 2.24) is 5.32 Å². The third kappa shape index (κ3) is 3.97. The molecule has 0 bridgehead atoms. The second kappa shape index (κ2) is 5.40. The fraction of sp³-hybridized carbons (Fsp3) is 0.846. The molecule has 16 heavy (non-hydrogen) atoms. The van der Waals surface area contributed by atoms with Crippen molar-refractivity contribution < 1.29 is 4.57 Å². The predicted molar refractivity (Wildman–Crippen MR) is 74.5 cm³/mol.